The molecule has 0 aliphatic rings. The molecule has 2 heterocycles. The van der Waals surface area contributed by atoms with Gasteiger partial charge in [-0.3, -0.25) is 19.1 Å². The summed E-state index contributed by atoms with van der Waals surface area (Å²) in [6.45, 7) is 3.89. The molecular weight excluding hydrogens is 326 g/mol. The van der Waals surface area contributed by atoms with E-state index >= 15 is 0 Å². The van der Waals surface area contributed by atoms with Crippen LogP contribution >= 0.6 is 11.3 Å². The van der Waals surface area contributed by atoms with Gasteiger partial charge in [-0.2, -0.15) is 0 Å². The number of fused-ring (bicyclic) bond motifs is 1. The first-order valence-corrected chi connectivity index (χ1v) is 8.31. The van der Waals surface area contributed by atoms with E-state index in [2.05, 4.69) is 4.98 Å². The maximum Gasteiger partial charge on any atom is 0.329 e. The number of benzene rings is 1. The molecule has 0 unspecified atom stereocenters. The molecule has 6 nitrogen and oxygen atoms in total. The summed E-state index contributed by atoms with van der Waals surface area (Å²) in [6, 6.07) is 7.88. The minimum absolute atomic E-state index is 0.0261. The molecule has 24 heavy (non-hydrogen) atoms. The Bertz CT molecular complexity index is 1040. The van der Waals surface area contributed by atoms with Crippen molar-refractivity contribution in [2.45, 2.75) is 26.8 Å². The molecule has 124 valence electrons. The molecule has 3 N–H and O–H groups in total. The van der Waals surface area contributed by atoms with Crippen molar-refractivity contribution >= 4 is 27.5 Å². The molecule has 0 atom stereocenters. The first kappa shape index (κ1) is 16.2. The van der Waals surface area contributed by atoms with Gasteiger partial charge in [0.05, 0.1) is 5.39 Å². The Labute approximate surface area is 141 Å². The average molecular weight is 343 g/mol. The van der Waals surface area contributed by atoms with Crippen LogP contribution in [0.4, 0.5) is 0 Å². The lowest BCUT2D eigenvalue weighted by atomic mass is 10.0. The molecule has 7 heteroatoms. The van der Waals surface area contributed by atoms with Crippen LogP contribution in [0.15, 0.2) is 33.9 Å². The van der Waals surface area contributed by atoms with Gasteiger partial charge in [-0.25, -0.2) is 4.79 Å². The van der Waals surface area contributed by atoms with E-state index in [1.165, 1.54) is 11.3 Å². The normalized spacial score (nSPS) is 11.1. The zero-order chi connectivity index (χ0) is 17.4. The van der Waals surface area contributed by atoms with Gasteiger partial charge in [-0.05, 0) is 19.4 Å². The second kappa shape index (κ2) is 6.09. The lowest BCUT2D eigenvalue weighted by Crippen LogP contribution is -2.36. The van der Waals surface area contributed by atoms with Gasteiger partial charge in [0.25, 0.3) is 5.56 Å². The lowest BCUT2D eigenvalue weighted by molar-refractivity contribution is -0.118. The van der Waals surface area contributed by atoms with Crippen LogP contribution < -0.4 is 17.0 Å². The Morgan fingerprint density at radius 1 is 1.21 bits per heavy atom. The summed E-state index contributed by atoms with van der Waals surface area (Å²) in [5.74, 6) is -0.554. The van der Waals surface area contributed by atoms with Gasteiger partial charge in [-0.15, -0.1) is 11.3 Å². The molecule has 2 aromatic heterocycles. The standard InChI is InChI=1S/C17H17N3O3S/c1-9-3-5-11(6-4-9)13-10(2)24-15-14(13)16(22)20(17(23)19-15)8-7-12(18)21/h3-6H,7-8H2,1-2H3,(H2,18,21)(H,19,23). The molecule has 0 aliphatic carbocycles. The number of hydrogen-bond donors (Lipinski definition) is 2. The Morgan fingerprint density at radius 3 is 2.50 bits per heavy atom. The fourth-order valence-electron chi connectivity index (χ4n) is 2.72. The van der Waals surface area contributed by atoms with Gasteiger partial charge in [0.1, 0.15) is 4.83 Å². The molecule has 0 radical (unpaired) electrons. The van der Waals surface area contributed by atoms with Gasteiger partial charge < -0.3 is 5.73 Å². The summed E-state index contributed by atoms with van der Waals surface area (Å²) < 4.78 is 1.04. The van der Waals surface area contributed by atoms with Crippen molar-refractivity contribution in [2.24, 2.45) is 5.73 Å². The van der Waals surface area contributed by atoms with Crippen molar-refractivity contribution in [3.63, 3.8) is 0 Å². The van der Waals surface area contributed by atoms with Crippen LogP contribution in [0.3, 0.4) is 0 Å². The lowest BCUT2D eigenvalue weighted by Gasteiger charge is -2.05. The molecule has 0 saturated carbocycles. The van der Waals surface area contributed by atoms with Gasteiger partial charge in [0.2, 0.25) is 5.91 Å². The van der Waals surface area contributed by atoms with Crippen LogP contribution in [0.5, 0.6) is 0 Å². The van der Waals surface area contributed by atoms with Crippen LogP contribution in [0.25, 0.3) is 21.3 Å². The number of hydrogen-bond acceptors (Lipinski definition) is 4. The Balaban J connectivity index is 2.27. The molecule has 0 saturated heterocycles. The average Bonchev–Trinajstić information content (AvgIpc) is 2.83. The van der Waals surface area contributed by atoms with E-state index in [1.807, 2.05) is 38.1 Å². The first-order valence-electron chi connectivity index (χ1n) is 7.50. The number of aryl methyl sites for hydroxylation is 2. The zero-order valence-corrected chi connectivity index (χ0v) is 14.2. The number of aromatic amines is 1. The number of rotatable bonds is 4. The molecule has 3 rings (SSSR count). The third-order valence-electron chi connectivity index (χ3n) is 3.93. The second-order valence-electron chi connectivity index (χ2n) is 5.71. The highest BCUT2D eigenvalue weighted by molar-refractivity contribution is 7.19. The van der Waals surface area contributed by atoms with E-state index in [-0.39, 0.29) is 13.0 Å². The number of aromatic nitrogens is 2. The minimum atomic E-state index is -0.554. The van der Waals surface area contributed by atoms with Crippen LogP contribution in [0.1, 0.15) is 16.9 Å². The molecule has 0 spiro atoms. The smallest absolute Gasteiger partial charge is 0.329 e. The van der Waals surface area contributed by atoms with E-state index in [0.29, 0.717) is 10.2 Å². The predicted octanol–water partition coefficient (Wildman–Crippen LogP) is 1.91. The Kier molecular flexibility index (Phi) is 4.11. The maximum atomic E-state index is 12.8. The number of nitrogens with two attached hydrogens (primary N) is 1. The molecule has 0 fully saturated rings. The molecule has 1 aromatic carbocycles. The summed E-state index contributed by atoms with van der Waals surface area (Å²) in [4.78, 5) is 40.2. The third kappa shape index (κ3) is 2.78. The van der Waals surface area contributed by atoms with Crippen molar-refractivity contribution in [2.75, 3.05) is 0 Å². The van der Waals surface area contributed by atoms with Crippen LogP contribution in [-0.4, -0.2) is 15.5 Å². The van der Waals surface area contributed by atoms with E-state index in [0.717, 1.165) is 26.1 Å². The molecule has 3 aromatic rings. The first-order chi connectivity index (χ1) is 11.4. The van der Waals surface area contributed by atoms with E-state index in [4.69, 9.17) is 5.73 Å². The maximum absolute atomic E-state index is 12.8. The summed E-state index contributed by atoms with van der Waals surface area (Å²) in [7, 11) is 0. The number of nitrogens with zero attached hydrogens (tertiary/aromatic N) is 1. The fourth-order valence-corrected chi connectivity index (χ4v) is 3.78. The zero-order valence-electron chi connectivity index (χ0n) is 13.4. The van der Waals surface area contributed by atoms with Gasteiger partial charge in [0, 0.05) is 23.4 Å². The second-order valence-corrected chi connectivity index (χ2v) is 6.93. The van der Waals surface area contributed by atoms with E-state index < -0.39 is 17.2 Å². The van der Waals surface area contributed by atoms with Crippen molar-refractivity contribution in [1.29, 1.82) is 0 Å². The highest BCUT2D eigenvalue weighted by Gasteiger charge is 2.18. The third-order valence-corrected chi connectivity index (χ3v) is 4.95. The summed E-state index contributed by atoms with van der Waals surface area (Å²) in [6.07, 6.45) is -0.0581. The number of amides is 1. The number of H-pyrrole nitrogens is 1. The number of primary amides is 1. The number of thiophene rings is 1. The van der Waals surface area contributed by atoms with Crippen LogP contribution in [0.2, 0.25) is 0 Å². The summed E-state index contributed by atoms with van der Waals surface area (Å²) in [5, 5.41) is 0.477. The highest BCUT2D eigenvalue weighted by atomic mass is 32.1. The van der Waals surface area contributed by atoms with Gasteiger partial charge >= 0.3 is 5.69 Å². The SMILES string of the molecule is Cc1ccc(-c2c(C)sc3[nH]c(=O)n(CCC(N)=O)c(=O)c23)cc1. The molecule has 0 bridgehead atoms. The van der Waals surface area contributed by atoms with Crippen molar-refractivity contribution in [3.8, 4) is 11.1 Å². The van der Waals surface area contributed by atoms with E-state index in [1.54, 1.807) is 0 Å². The fraction of sp³-hybridized carbons (Fsp3) is 0.235. The van der Waals surface area contributed by atoms with Crippen LogP contribution in [0, 0.1) is 13.8 Å². The number of carbonyl (C=O) groups is 1. The quantitative estimate of drug-likeness (QED) is 0.757. The largest absolute Gasteiger partial charge is 0.370 e. The molecule has 0 aliphatic heterocycles. The van der Waals surface area contributed by atoms with E-state index in [9.17, 15) is 14.4 Å². The van der Waals surface area contributed by atoms with Gasteiger partial charge in [-0.1, -0.05) is 29.8 Å². The van der Waals surface area contributed by atoms with Crippen molar-refractivity contribution in [1.82, 2.24) is 9.55 Å². The number of carbonyl (C=O) groups excluding carboxylic acids is 1. The minimum Gasteiger partial charge on any atom is -0.370 e. The Hall–Kier alpha value is -2.67. The summed E-state index contributed by atoms with van der Waals surface area (Å²) >= 11 is 1.38. The number of nitrogens with one attached hydrogen (secondary N) is 1. The topological polar surface area (TPSA) is 97.9 Å². The summed E-state index contributed by atoms with van der Waals surface area (Å²) in [5.41, 5.74) is 7.09. The predicted molar refractivity (Wildman–Crippen MR) is 95.4 cm³/mol. The molecular formula is C17H17N3O3S. The van der Waals surface area contributed by atoms with Gasteiger partial charge in [0.15, 0.2) is 0 Å². The van der Waals surface area contributed by atoms with Crippen LogP contribution in [-0.2, 0) is 11.3 Å². The van der Waals surface area contributed by atoms with Crippen molar-refractivity contribution in [3.05, 3.63) is 55.5 Å². The van der Waals surface area contributed by atoms with Crippen molar-refractivity contribution < 1.29 is 4.79 Å². The monoisotopic (exact) mass is 343 g/mol. The highest BCUT2D eigenvalue weighted by Crippen LogP contribution is 2.35. The molecule has 1 amide bonds. The Morgan fingerprint density at radius 2 is 1.88 bits per heavy atom.